The van der Waals surface area contributed by atoms with E-state index >= 15 is 0 Å². The Balaban J connectivity index is 2.79. The molecule has 1 rings (SSSR count). The summed E-state index contributed by atoms with van der Waals surface area (Å²) >= 11 is 0. The van der Waals surface area contributed by atoms with Gasteiger partial charge in [-0.05, 0) is 38.8 Å². The maximum Gasteiger partial charge on any atom is 0.326 e. The first kappa shape index (κ1) is 17.5. The van der Waals surface area contributed by atoms with Crippen LogP contribution in [0.1, 0.15) is 37.5 Å². The number of hydrogen-bond acceptors (Lipinski definition) is 4. The summed E-state index contributed by atoms with van der Waals surface area (Å²) in [6.07, 6.45) is 0. The third-order valence-corrected chi connectivity index (χ3v) is 3.10. The highest BCUT2D eigenvalue weighted by Gasteiger charge is 2.22. The quantitative estimate of drug-likeness (QED) is 0.785. The van der Waals surface area contributed by atoms with Gasteiger partial charge in [-0.1, -0.05) is 31.5 Å². The fourth-order valence-corrected chi connectivity index (χ4v) is 2.39. The maximum absolute atomic E-state index is 12.0. The number of hydrogen-bond donors (Lipinski definition) is 1. The predicted molar refractivity (Wildman–Crippen MR) is 84.8 cm³/mol. The summed E-state index contributed by atoms with van der Waals surface area (Å²) in [5.74, 6) is 0.578. The number of carbonyl (C=O) groups is 1. The summed E-state index contributed by atoms with van der Waals surface area (Å²) in [5, 5.41) is 3.19. The molecule has 0 amide bonds. The molecule has 0 radical (unpaired) electrons. The molecule has 1 atom stereocenters. The predicted octanol–water partition coefficient (Wildman–Crippen LogP) is 2.92. The molecule has 1 N–H and O–H groups in total. The topological polar surface area (TPSA) is 47.6 Å². The van der Waals surface area contributed by atoms with Crippen molar-refractivity contribution in [3.05, 3.63) is 28.8 Å². The van der Waals surface area contributed by atoms with Gasteiger partial charge in [0, 0.05) is 6.04 Å². The normalized spacial score (nSPS) is 12.3. The van der Waals surface area contributed by atoms with Crippen molar-refractivity contribution >= 4 is 5.97 Å². The van der Waals surface area contributed by atoms with E-state index in [1.165, 1.54) is 5.56 Å². The van der Waals surface area contributed by atoms with Gasteiger partial charge in [0.25, 0.3) is 0 Å². The minimum absolute atomic E-state index is 0.184. The zero-order chi connectivity index (χ0) is 16.0. The van der Waals surface area contributed by atoms with Crippen molar-refractivity contribution in [3.8, 4) is 5.75 Å². The van der Waals surface area contributed by atoms with Crippen LogP contribution in [-0.2, 0) is 9.53 Å². The Morgan fingerprint density at radius 2 is 1.76 bits per heavy atom. The molecule has 118 valence electrons. The zero-order valence-electron chi connectivity index (χ0n) is 13.9. The van der Waals surface area contributed by atoms with Gasteiger partial charge in [0.2, 0.25) is 0 Å². The molecule has 1 unspecified atom stereocenters. The van der Waals surface area contributed by atoms with Gasteiger partial charge in [-0.25, -0.2) is 0 Å². The van der Waals surface area contributed by atoms with Crippen LogP contribution in [-0.4, -0.2) is 31.3 Å². The van der Waals surface area contributed by atoms with Crippen LogP contribution in [0.25, 0.3) is 0 Å². The molecule has 0 bridgehead atoms. The van der Waals surface area contributed by atoms with Crippen molar-refractivity contribution in [2.24, 2.45) is 0 Å². The number of nitrogens with one attached hydrogen (secondary N) is 1. The van der Waals surface area contributed by atoms with Crippen LogP contribution in [0, 0.1) is 20.8 Å². The van der Waals surface area contributed by atoms with Gasteiger partial charge in [0.15, 0.2) is 0 Å². The number of esters is 1. The molecule has 1 aromatic carbocycles. The van der Waals surface area contributed by atoms with E-state index in [4.69, 9.17) is 9.47 Å². The van der Waals surface area contributed by atoms with Crippen LogP contribution >= 0.6 is 0 Å². The van der Waals surface area contributed by atoms with Crippen molar-refractivity contribution in [2.45, 2.75) is 53.6 Å². The summed E-state index contributed by atoms with van der Waals surface area (Å²) in [4.78, 5) is 12.0. The lowest BCUT2D eigenvalue weighted by molar-refractivity contribution is -0.146. The lowest BCUT2D eigenvalue weighted by Gasteiger charge is -2.21. The Kier molecular flexibility index (Phi) is 6.69. The van der Waals surface area contributed by atoms with Crippen LogP contribution in [0.4, 0.5) is 0 Å². The van der Waals surface area contributed by atoms with Crippen molar-refractivity contribution in [3.63, 3.8) is 0 Å². The average Bonchev–Trinajstić information content (AvgIpc) is 2.35. The summed E-state index contributed by atoms with van der Waals surface area (Å²) in [6.45, 7) is 12.5. The second-order valence-corrected chi connectivity index (χ2v) is 5.66. The molecule has 4 nitrogen and oxygen atoms in total. The van der Waals surface area contributed by atoms with Crippen LogP contribution < -0.4 is 10.1 Å². The fourth-order valence-electron chi connectivity index (χ4n) is 2.39. The van der Waals surface area contributed by atoms with Crippen molar-refractivity contribution in [1.29, 1.82) is 0 Å². The van der Waals surface area contributed by atoms with Gasteiger partial charge in [-0.15, -0.1) is 0 Å². The Hall–Kier alpha value is -1.55. The fraction of sp³-hybridized carbons (Fsp3) is 0.588. The first-order valence-corrected chi connectivity index (χ1v) is 7.48. The first-order chi connectivity index (χ1) is 9.85. The minimum atomic E-state index is -0.454. The van der Waals surface area contributed by atoms with Gasteiger partial charge in [0.05, 0.1) is 6.61 Å². The first-order valence-electron chi connectivity index (χ1n) is 7.48. The summed E-state index contributed by atoms with van der Waals surface area (Å²) in [7, 11) is 0. The number of ether oxygens (including phenoxy) is 2. The van der Waals surface area contributed by atoms with E-state index in [1.807, 2.05) is 27.7 Å². The molecule has 0 aromatic heterocycles. The van der Waals surface area contributed by atoms with E-state index in [-0.39, 0.29) is 18.6 Å². The van der Waals surface area contributed by atoms with Crippen LogP contribution in [0.15, 0.2) is 12.1 Å². The van der Waals surface area contributed by atoms with Gasteiger partial charge in [0.1, 0.15) is 18.4 Å². The van der Waals surface area contributed by atoms with Gasteiger partial charge < -0.3 is 9.47 Å². The number of aryl methyl sites for hydroxylation is 3. The Labute approximate surface area is 127 Å². The summed E-state index contributed by atoms with van der Waals surface area (Å²) in [6, 6.07) is 3.89. The molecule has 0 aliphatic heterocycles. The number of benzene rings is 1. The number of carbonyl (C=O) groups excluding carboxylic acids is 1. The van der Waals surface area contributed by atoms with E-state index in [0.717, 1.165) is 16.9 Å². The molecule has 0 saturated heterocycles. The van der Waals surface area contributed by atoms with E-state index in [1.54, 1.807) is 6.92 Å². The van der Waals surface area contributed by atoms with Gasteiger partial charge >= 0.3 is 5.97 Å². The van der Waals surface area contributed by atoms with E-state index in [0.29, 0.717) is 6.61 Å². The molecule has 21 heavy (non-hydrogen) atoms. The SMILES string of the molecule is CCOC(=O)C(COc1c(C)cc(C)cc1C)NC(C)C. The van der Waals surface area contributed by atoms with Crippen molar-refractivity contribution < 1.29 is 14.3 Å². The second-order valence-electron chi connectivity index (χ2n) is 5.66. The zero-order valence-corrected chi connectivity index (χ0v) is 13.9. The maximum atomic E-state index is 12.0. The lowest BCUT2D eigenvalue weighted by atomic mass is 10.1. The van der Waals surface area contributed by atoms with Gasteiger partial charge in [-0.3, -0.25) is 10.1 Å². The largest absolute Gasteiger partial charge is 0.491 e. The van der Waals surface area contributed by atoms with Crippen molar-refractivity contribution in [1.82, 2.24) is 5.32 Å². The Morgan fingerprint density at radius 3 is 2.24 bits per heavy atom. The molecule has 0 saturated carbocycles. The standard InChI is InChI=1S/C17H27NO3/c1-7-20-17(19)15(18-11(2)3)10-21-16-13(5)8-12(4)9-14(16)6/h8-9,11,15,18H,7,10H2,1-6H3. The molecule has 0 fully saturated rings. The molecule has 0 aliphatic carbocycles. The van der Waals surface area contributed by atoms with Crippen LogP contribution in [0.5, 0.6) is 5.75 Å². The molecule has 1 aromatic rings. The Morgan fingerprint density at radius 1 is 1.19 bits per heavy atom. The third kappa shape index (κ3) is 5.38. The molecule has 4 heteroatoms. The molecule has 0 aliphatic rings. The third-order valence-electron chi connectivity index (χ3n) is 3.10. The molecule has 0 spiro atoms. The Bertz CT molecular complexity index is 460. The smallest absolute Gasteiger partial charge is 0.326 e. The summed E-state index contributed by atoms with van der Waals surface area (Å²) in [5.41, 5.74) is 3.37. The van der Waals surface area contributed by atoms with Crippen molar-refractivity contribution in [2.75, 3.05) is 13.2 Å². The average molecular weight is 293 g/mol. The lowest BCUT2D eigenvalue weighted by Crippen LogP contribution is -2.46. The minimum Gasteiger partial charge on any atom is -0.491 e. The van der Waals surface area contributed by atoms with E-state index in [9.17, 15) is 4.79 Å². The highest BCUT2D eigenvalue weighted by atomic mass is 16.5. The van der Waals surface area contributed by atoms with E-state index in [2.05, 4.69) is 24.4 Å². The second kappa shape index (κ2) is 8.03. The molecule has 0 heterocycles. The molecular weight excluding hydrogens is 266 g/mol. The highest BCUT2D eigenvalue weighted by Crippen LogP contribution is 2.24. The monoisotopic (exact) mass is 293 g/mol. The molecular formula is C17H27NO3. The van der Waals surface area contributed by atoms with Crippen LogP contribution in [0.2, 0.25) is 0 Å². The van der Waals surface area contributed by atoms with Crippen LogP contribution in [0.3, 0.4) is 0 Å². The summed E-state index contributed by atoms with van der Waals surface area (Å²) < 4.78 is 11.0. The highest BCUT2D eigenvalue weighted by molar-refractivity contribution is 5.76. The number of rotatable bonds is 7. The van der Waals surface area contributed by atoms with E-state index < -0.39 is 6.04 Å². The van der Waals surface area contributed by atoms with Gasteiger partial charge in [-0.2, -0.15) is 0 Å².